The third-order valence-corrected chi connectivity index (χ3v) is 5.65. The summed E-state index contributed by atoms with van der Waals surface area (Å²) in [4.78, 5) is 8.84. The van der Waals surface area contributed by atoms with Gasteiger partial charge in [0.2, 0.25) is 6.79 Å². The molecule has 2 N–H and O–H groups in total. The fourth-order valence-corrected chi connectivity index (χ4v) is 4.03. The van der Waals surface area contributed by atoms with Crippen molar-refractivity contribution in [3.05, 3.63) is 35.6 Å². The topological polar surface area (TPSA) is 86.8 Å². The molecule has 0 aliphatic carbocycles. The van der Waals surface area contributed by atoms with E-state index in [9.17, 15) is 4.39 Å². The Morgan fingerprint density at radius 1 is 1.19 bits per heavy atom. The summed E-state index contributed by atoms with van der Waals surface area (Å²) in [5, 5.41) is 7.74. The highest BCUT2D eigenvalue weighted by molar-refractivity contribution is 6.34. The van der Waals surface area contributed by atoms with Crippen LogP contribution in [0.5, 0.6) is 23.0 Å². The Morgan fingerprint density at radius 2 is 2.06 bits per heavy atom. The average Bonchev–Trinajstić information content (AvgIpc) is 3.29. The predicted molar refractivity (Wildman–Crippen MR) is 118 cm³/mol. The quantitative estimate of drug-likeness (QED) is 0.541. The zero-order valence-electron chi connectivity index (χ0n) is 17.2. The minimum atomic E-state index is -0.585. The number of rotatable bonds is 7. The number of hydrogen-bond acceptors (Lipinski definition) is 8. The maximum Gasteiger partial charge on any atom is 0.231 e. The second kappa shape index (κ2) is 9.22. The van der Waals surface area contributed by atoms with Crippen molar-refractivity contribution in [3.8, 4) is 23.0 Å². The lowest BCUT2D eigenvalue weighted by Gasteiger charge is -2.25. The number of piperidine rings is 1. The van der Waals surface area contributed by atoms with E-state index in [1.807, 2.05) is 0 Å². The zero-order valence-corrected chi connectivity index (χ0v) is 18.0. The third kappa shape index (κ3) is 4.18. The van der Waals surface area contributed by atoms with Crippen LogP contribution in [0.3, 0.4) is 0 Å². The molecular formula is C22H22ClFN4O4. The lowest BCUT2D eigenvalue weighted by atomic mass is 10.1. The minimum absolute atomic E-state index is 0.0326. The molecule has 10 heteroatoms. The van der Waals surface area contributed by atoms with Crippen molar-refractivity contribution < 1.29 is 23.3 Å². The number of fused-ring (bicyclic) bond motifs is 2. The van der Waals surface area contributed by atoms with Gasteiger partial charge in [-0.05, 0) is 38.1 Å². The average molecular weight is 461 g/mol. The number of anilines is 2. The Balaban J connectivity index is 1.58. The van der Waals surface area contributed by atoms with Crippen LogP contribution in [0.1, 0.15) is 12.8 Å². The van der Waals surface area contributed by atoms with E-state index in [0.29, 0.717) is 50.4 Å². The number of ether oxygens (including phenoxy) is 4. The van der Waals surface area contributed by atoms with Crippen LogP contribution in [0.15, 0.2) is 30.6 Å². The third-order valence-electron chi connectivity index (χ3n) is 5.33. The molecule has 0 saturated carbocycles. The van der Waals surface area contributed by atoms with Crippen LogP contribution in [-0.2, 0) is 0 Å². The number of nitrogens with zero attached hydrogens (tertiary/aromatic N) is 2. The zero-order chi connectivity index (χ0) is 21.9. The molecule has 1 saturated heterocycles. The summed E-state index contributed by atoms with van der Waals surface area (Å²) in [5.74, 6) is 2.67. The molecule has 0 atom stereocenters. The van der Waals surface area contributed by atoms with Crippen LogP contribution >= 0.6 is 11.6 Å². The first-order valence-electron chi connectivity index (χ1n) is 10.4. The molecule has 168 valence electrons. The molecular weight excluding hydrogens is 439 g/mol. The standard InChI is InChI=1S/C22H22ClFN4O4/c23-15-1-2-17-21(31-12-30-17)20(15)28-22-19-16(26-11-27-22)9-14(29-8-5-24)10-18(19)32-13-3-6-25-7-4-13/h1-2,9-11,13,25H,3-8,12H2,(H,26,27,28). The van der Waals surface area contributed by atoms with E-state index in [-0.39, 0.29) is 19.5 Å². The first-order valence-corrected chi connectivity index (χ1v) is 10.8. The van der Waals surface area contributed by atoms with Gasteiger partial charge in [-0.15, -0.1) is 0 Å². The second-order valence-electron chi connectivity index (χ2n) is 7.42. The highest BCUT2D eigenvalue weighted by Gasteiger charge is 2.24. The summed E-state index contributed by atoms with van der Waals surface area (Å²) in [6.07, 6.45) is 3.21. The van der Waals surface area contributed by atoms with Gasteiger partial charge in [-0.3, -0.25) is 0 Å². The molecule has 1 fully saturated rings. The highest BCUT2D eigenvalue weighted by atomic mass is 35.5. The number of halogens is 2. The molecule has 5 rings (SSSR count). The van der Waals surface area contributed by atoms with Gasteiger partial charge in [0.1, 0.15) is 48.7 Å². The van der Waals surface area contributed by atoms with E-state index < -0.39 is 6.67 Å². The first-order chi connectivity index (χ1) is 15.7. The molecule has 0 radical (unpaired) electrons. The van der Waals surface area contributed by atoms with Crippen molar-refractivity contribution in [2.45, 2.75) is 18.9 Å². The van der Waals surface area contributed by atoms with Crippen molar-refractivity contribution in [2.24, 2.45) is 0 Å². The van der Waals surface area contributed by atoms with Gasteiger partial charge in [-0.1, -0.05) is 11.6 Å². The summed E-state index contributed by atoms with van der Waals surface area (Å²) >= 11 is 6.45. The van der Waals surface area contributed by atoms with Crippen molar-refractivity contribution >= 4 is 34.0 Å². The van der Waals surface area contributed by atoms with Crippen LogP contribution in [0.25, 0.3) is 10.9 Å². The van der Waals surface area contributed by atoms with E-state index in [0.717, 1.165) is 25.9 Å². The number of aromatic nitrogens is 2. The molecule has 2 aliphatic rings. The Labute approximate surface area is 189 Å². The highest BCUT2D eigenvalue weighted by Crippen LogP contribution is 2.46. The van der Waals surface area contributed by atoms with Crippen molar-refractivity contribution in [1.29, 1.82) is 0 Å². The van der Waals surface area contributed by atoms with Crippen molar-refractivity contribution in [2.75, 3.05) is 38.5 Å². The fourth-order valence-electron chi connectivity index (χ4n) is 3.83. The van der Waals surface area contributed by atoms with Crippen LogP contribution < -0.4 is 29.6 Å². The van der Waals surface area contributed by atoms with Crippen molar-refractivity contribution in [1.82, 2.24) is 15.3 Å². The van der Waals surface area contributed by atoms with Gasteiger partial charge in [0.15, 0.2) is 11.5 Å². The van der Waals surface area contributed by atoms with Gasteiger partial charge in [0.25, 0.3) is 0 Å². The molecule has 0 amide bonds. The largest absolute Gasteiger partial charge is 0.491 e. The van der Waals surface area contributed by atoms with Crippen LogP contribution in [0, 0.1) is 0 Å². The summed E-state index contributed by atoms with van der Waals surface area (Å²) in [6, 6.07) is 6.99. The van der Waals surface area contributed by atoms with Crippen molar-refractivity contribution in [3.63, 3.8) is 0 Å². The van der Waals surface area contributed by atoms with Gasteiger partial charge in [-0.2, -0.15) is 0 Å². The monoisotopic (exact) mass is 460 g/mol. The SMILES string of the molecule is FCCOc1cc(OC2CCNCC2)c2c(Nc3c(Cl)ccc4c3OCO4)ncnc2c1. The molecule has 3 aromatic rings. The molecule has 2 aliphatic heterocycles. The number of benzene rings is 2. The van der Waals surface area contributed by atoms with Gasteiger partial charge in [0.05, 0.1) is 15.9 Å². The molecule has 2 aromatic carbocycles. The molecule has 0 bridgehead atoms. The maximum atomic E-state index is 12.7. The fraction of sp³-hybridized carbons (Fsp3) is 0.364. The number of hydrogen-bond donors (Lipinski definition) is 2. The molecule has 1 aromatic heterocycles. The van der Waals surface area contributed by atoms with Gasteiger partial charge >= 0.3 is 0 Å². The van der Waals surface area contributed by atoms with E-state index in [4.69, 9.17) is 30.5 Å². The molecule has 32 heavy (non-hydrogen) atoms. The van der Waals surface area contributed by atoms with E-state index >= 15 is 0 Å². The number of nitrogens with one attached hydrogen (secondary N) is 2. The Hall–Kier alpha value is -3.04. The van der Waals surface area contributed by atoms with Gasteiger partial charge in [0, 0.05) is 12.1 Å². The summed E-state index contributed by atoms with van der Waals surface area (Å²) in [5.41, 5.74) is 1.15. The normalized spacial score (nSPS) is 15.7. The van der Waals surface area contributed by atoms with E-state index in [1.165, 1.54) is 6.33 Å². The van der Waals surface area contributed by atoms with E-state index in [2.05, 4.69) is 20.6 Å². The lowest BCUT2D eigenvalue weighted by Crippen LogP contribution is -2.34. The summed E-state index contributed by atoms with van der Waals surface area (Å²) < 4.78 is 35.6. The predicted octanol–water partition coefficient (Wildman–Crippen LogP) is 4.23. The van der Waals surface area contributed by atoms with Crippen LogP contribution in [0.4, 0.5) is 15.9 Å². The molecule has 8 nitrogen and oxygen atoms in total. The van der Waals surface area contributed by atoms with Crippen LogP contribution in [-0.4, -0.2) is 49.2 Å². The van der Waals surface area contributed by atoms with Crippen LogP contribution in [0.2, 0.25) is 5.02 Å². The maximum absolute atomic E-state index is 12.7. The Bertz CT molecular complexity index is 1130. The van der Waals surface area contributed by atoms with E-state index in [1.54, 1.807) is 24.3 Å². The summed E-state index contributed by atoms with van der Waals surface area (Å²) in [7, 11) is 0. The Kier molecular flexibility index (Phi) is 6.00. The second-order valence-corrected chi connectivity index (χ2v) is 7.83. The number of alkyl halides is 1. The minimum Gasteiger partial charge on any atom is -0.491 e. The van der Waals surface area contributed by atoms with Gasteiger partial charge < -0.3 is 29.6 Å². The first kappa shape index (κ1) is 20.8. The molecule has 0 spiro atoms. The molecule has 3 heterocycles. The Morgan fingerprint density at radius 3 is 2.91 bits per heavy atom. The molecule has 0 unspecified atom stereocenters. The lowest BCUT2D eigenvalue weighted by molar-refractivity contribution is 0.164. The summed E-state index contributed by atoms with van der Waals surface area (Å²) in [6.45, 7) is 1.25. The van der Waals surface area contributed by atoms with Gasteiger partial charge in [-0.25, -0.2) is 14.4 Å². The smallest absolute Gasteiger partial charge is 0.231 e.